The maximum atomic E-state index is 2.27. The van der Waals surface area contributed by atoms with Crippen LogP contribution < -0.4 is 0 Å². The molecule has 0 aromatic heterocycles. The molecule has 2 heteroatoms. The van der Waals surface area contributed by atoms with Gasteiger partial charge in [0.05, 0.1) is 0 Å². The molecule has 0 radical (unpaired) electrons. The fourth-order valence-corrected chi connectivity index (χ4v) is 4.44. The standard InChI is InChI=1S/C18H24S2/c1-17(2,3)19-14-11-7-9-13-10-8-12-15(16(13)14)20-18(4,5)6/h7-12H,1-6H3. The monoisotopic (exact) mass is 304 g/mol. The Morgan fingerprint density at radius 1 is 0.650 bits per heavy atom. The molecule has 0 saturated heterocycles. The Balaban J connectivity index is 2.58. The van der Waals surface area contributed by atoms with Crippen LogP contribution >= 0.6 is 23.5 Å². The predicted octanol–water partition coefficient (Wildman–Crippen LogP) is 6.62. The van der Waals surface area contributed by atoms with Gasteiger partial charge in [-0.15, -0.1) is 23.5 Å². The Labute approximate surface area is 131 Å². The first-order chi connectivity index (χ1) is 9.16. The second-order valence-corrected chi connectivity index (χ2v) is 10.8. The van der Waals surface area contributed by atoms with E-state index in [1.165, 1.54) is 20.6 Å². The van der Waals surface area contributed by atoms with Gasteiger partial charge in [0.1, 0.15) is 0 Å². The van der Waals surface area contributed by atoms with E-state index in [1.54, 1.807) is 0 Å². The van der Waals surface area contributed by atoms with Crippen LogP contribution in [0.25, 0.3) is 10.8 Å². The molecule has 0 N–H and O–H groups in total. The number of hydrogen-bond acceptors (Lipinski definition) is 2. The highest BCUT2D eigenvalue weighted by atomic mass is 32.2. The molecule has 2 rings (SSSR count). The summed E-state index contributed by atoms with van der Waals surface area (Å²) < 4.78 is 0.460. The molecular formula is C18H24S2. The van der Waals surface area contributed by atoms with Crippen molar-refractivity contribution in [2.75, 3.05) is 0 Å². The Morgan fingerprint density at radius 2 is 1.05 bits per heavy atom. The van der Waals surface area contributed by atoms with Gasteiger partial charge in [-0.25, -0.2) is 0 Å². The molecule has 0 aliphatic heterocycles. The summed E-state index contributed by atoms with van der Waals surface area (Å²) >= 11 is 3.91. The molecule has 0 atom stereocenters. The maximum Gasteiger partial charge on any atom is 0.0167 e. The second kappa shape index (κ2) is 5.65. The first kappa shape index (κ1) is 15.8. The minimum atomic E-state index is 0.230. The molecule has 0 bridgehead atoms. The normalized spacial score (nSPS) is 12.9. The van der Waals surface area contributed by atoms with Crippen LogP contribution in [0.4, 0.5) is 0 Å². The highest BCUT2D eigenvalue weighted by Crippen LogP contribution is 2.43. The van der Waals surface area contributed by atoms with Gasteiger partial charge in [0.2, 0.25) is 0 Å². The number of benzene rings is 2. The van der Waals surface area contributed by atoms with Gasteiger partial charge in [-0.2, -0.15) is 0 Å². The molecule has 20 heavy (non-hydrogen) atoms. The van der Waals surface area contributed by atoms with Gasteiger partial charge in [-0.1, -0.05) is 65.8 Å². The average Bonchev–Trinajstić information content (AvgIpc) is 2.25. The highest BCUT2D eigenvalue weighted by molar-refractivity contribution is 8.01. The summed E-state index contributed by atoms with van der Waals surface area (Å²) in [5.41, 5.74) is 0. The van der Waals surface area contributed by atoms with Gasteiger partial charge in [0.15, 0.2) is 0 Å². The quantitative estimate of drug-likeness (QED) is 0.572. The van der Waals surface area contributed by atoms with Gasteiger partial charge >= 0.3 is 0 Å². The molecule has 0 aliphatic carbocycles. The third kappa shape index (κ3) is 4.20. The molecule has 0 nitrogen and oxygen atoms in total. The molecular weight excluding hydrogens is 280 g/mol. The molecule has 0 aliphatic rings. The molecule has 108 valence electrons. The van der Waals surface area contributed by atoms with E-state index >= 15 is 0 Å². The van der Waals surface area contributed by atoms with E-state index in [0.29, 0.717) is 0 Å². The first-order valence-electron chi connectivity index (χ1n) is 7.05. The zero-order chi connectivity index (χ0) is 15.0. The lowest BCUT2D eigenvalue weighted by Crippen LogP contribution is -2.08. The van der Waals surface area contributed by atoms with E-state index in [9.17, 15) is 0 Å². The molecule has 2 aromatic rings. The summed E-state index contributed by atoms with van der Waals surface area (Å²) in [5.74, 6) is 0. The van der Waals surface area contributed by atoms with Crippen molar-refractivity contribution in [3.8, 4) is 0 Å². The Kier molecular flexibility index (Phi) is 4.46. The topological polar surface area (TPSA) is 0 Å². The van der Waals surface area contributed by atoms with Gasteiger partial charge < -0.3 is 0 Å². The van der Waals surface area contributed by atoms with Crippen molar-refractivity contribution in [1.29, 1.82) is 0 Å². The maximum absolute atomic E-state index is 2.27. The third-order valence-corrected chi connectivity index (χ3v) is 5.01. The molecule has 0 saturated carbocycles. The summed E-state index contributed by atoms with van der Waals surface area (Å²) in [5, 5.41) is 2.75. The lowest BCUT2D eigenvalue weighted by molar-refractivity contribution is 0.802. The van der Waals surface area contributed by atoms with Crippen molar-refractivity contribution >= 4 is 34.3 Å². The minimum absolute atomic E-state index is 0.230. The summed E-state index contributed by atoms with van der Waals surface area (Å²) in [6, 6.07) is 13.3. The number of hydrogen-bond donors (Lipinski definition) is 0. The predicted molar refractivity (Wildman–Crippen MR) is 95.2 cm³/mol. The Morgan fingerprint density at radius 3 is 1.40 bits per heavy atom. The summed E-state index contributed by atoms with van der Waals surface area (Å²) in [4.78, 5) is 2.78. The molecule has 0 amide bonds. The number of rotatable bonds is 2. The SMILES string of the molecule is CC(C)(C)Sc1cccc2cccc(SC(C)(C)C)c12. The van der Waals surface area contributed by atoms with Crippen LogP contribution in [-0.4, -0.2) is 9.49 Å². The smallest absolute Gasteiger partial charge is 0.0167 e. The van der Waals surface area contributed by atoms with Crippen LogP contribution in [0.3, 0.4) is 0 Å². The fourth-order valence-electron chi connectivity index (χ4n) is 2.10. The third-order valence-electron chi connectivity index (χ3n) is 2.66. The van der Waals surface area contributed by atoms with Crippen molar-refractivity contribution in [1.82, 2.24) is 0 Å². The first-order valence-corrected chi connectivity index (χ1v) is 8.69. The number of fused-ring (bicyclic) bond motifs is 1. The van der Waals surface area contributed by atoms with Gasteiger partial charge in [-0.3, -0.25) is 0 Å². The van der Waals surface area contributed by atoms with Gasteiger partial charge in [0, 0.05) is 24.7 Å². The van der Waals surface area contributed by atoms with E-state index in [2.05, 4.69) is 77.9 Å². The Hall–Kier alpha value is -0.600. The van der Waals surface area contributed by atoms with E-state index in [4.69, 9.17) is 0 Å². The van der Waals surface area contributed by atoms with Crippen LogP contribution in [0, 0.1) is 0 Å². The zero-order valence-electron chi connectivity index (χ0n) is 13.3. The minimum Gasteiger partial charge on any atom is -0.120 e. The molecule has 0 spiro atoms. The summed E-state index contributed by atoms with van der Waals surface area (Å²) in [6.07, 6.45) is 0. The van der Waals surface area contributed by atoms with Crippen molar-refractivity contribution < 1.29 is 0 Å². The van der Waals surface area contributed by atoms with Crippen LogP contribution in [0.1, 0.15) is 41.5 Å². The zero-order valence-corrected chi connectivity index (χ0v) is 14.9. The van der Waals surface area contributed by atoms with Crippen molar-refractivity contribution in [2.45, 2.75) is 60.8 Å². The molecule has 0 unspecified atom stereocenters. The van der Waals surface area contributed by atoms with Gasteiger partial charge in [0.25, 0.3) is 0 Å². The lowest BCUT2D eigenvalue weighted by atomic mass is 10.1. The second-order valence-electron chi connectivity index (χ2n) is 7.04. The van der Waals surface area contributed by atoms with Crippen molar-refractivity contribution in [2.24, 2.45) is 0 Å². The lowest BCUT2D eigenvalue weighted by Gasteiger charge is -2.22. The van der Waals surface area contributed by atoms with Crippen LogP contribution in [0.2, 0.25) is 0 Å². The van der Waals surface area contributed by atoms with E-state index in [0.717, 1.165) is 0 Å². The van der Waals surface area contributed by atoms with E-state index in [-0.39, 0.29) is 9.49 Å². The van der Waals surface area contributed by atoms with Crippen molar-refractivity contribution in [3.63, 3.8) is 0 Å². The highest BCUT2D eigenvalue weighted by Gasteiger charge is 2.18. The van der Waals surface area contributed by atoms with Crippen LogP contribution in [0.15, 0.2) is 46.2 Å². The Bertz CT molecular complexity index is 550. The van der Waals surface area contributed by atoms with Crippen LogP contribution in [0.5, 0.6) is 0 Å². The van der Waals surface area contributed by atoms with Crippen LogP contribution in [-0.2, 0) is 0 Å². The molecule has 0 heterocycles. The average molecular weight is 305 g/mol. The van der Waals surface area contributed by atoms with Crippen molar-refractivity contribution in [3.05, 3.63) is 36.4 Å². The van der Waals surface area contributed by atoms with Gasteiger partial charge in [-0.05, 0) is 17.5 Å². The largest absolute Gasteiger partial charge is 0.120 e. The number of thioether (sulfide) groups is 2. The van der Waals surface area contributed by atoms with E-state index in [1.807, 2.05) is 23.5 Å². The fraction of sp³-hybridized carbons (Fsp3) is 0.444. The summed E-state index contributed by atoms with van der Waals surface area (Å²) in [6.45, 7) is 13.6. The summed E-state index contributed by atoms with van der Waals surface area (Å²) in [7, 11) is 0. The molecule has 0 fully saturated rings. The van der Waals surface area contributed by atoms with E-state index < -0.39 is 0 Å². The molecule has 2 aromatic carbocycles.